The van der Waals surface area contributed by atoms with Crippen molar-refractivity contribution < 1.29 is 38.8 Å². The second kappa shape index (κ2) is 23.5. The Kier molecular flexibility index (Phi) is 17.7. The highest BCUT2D eigenvalue weighted by Gasteiger charge is 2.65. The SMILES string of the molecule is C=CCO[C@@]12Oc3ccc(OCCSc4ccccc4)cc3[C@H]3[C@H](CCCCO)[C@@H](CCCCO)C=C(C(=NOC4CCCCO4)C[C@@H]1N(CCC)C(=O)CCC1CCCC1)[C@H]32. The molecule has 1 amide bonds. The van der Waals surface area contributed by atoms with E-state index in [0.29, 0.717) is 44.9 Å². The Morgan fingerprint density at radius 1 is 1.00 bits per heavy atom. The van der Waals surface area contributed by atoms with Gasteiger partial charge in [-0.05, 0) is 105 Å². The number of carbonyl (C=O) groups is 1. The van der Waals surface area contributed by atoms with Crippen molar-refractivity contribution in [3.8, 4) is 11.5 Å². The molecule has 340 valence electrons. The summed E-state index contributed by atoms with van der Waals surface area (Å²) in [5, 5.41) is 25.0. The average Bonchev–Trinajstić information content (AvgIpc) is 3.83. The number of allylic oxidation sites excluding steroid dienone is 1. The predicted octanol–water partition coefficient (Wildman–Crippen LogP) is 10.2. The van der Waals surface area contributed by atoms with Crippen molar-refractivity contribution in [2.24, 2.45) is 28.8 Å². The summed E-state index contributed by atoms with van der Waals surface area (Å²) in [6, 6.07) is 16.1. The van der Waals surface area contributed by atoms with Crippen LogP contribution in [-0.2, 0) is 19.1 Å². The molecule has 2 aromatic rings. The number of thioether (sulfide) groups is 1. The highest BCUT2D eigenvalue weighted by molar-refractivity contribution is 7.99. The van der Waals surface area contributed by atoms with Crippen LogP contribution in [0.3, 0.4) is 0 Å². The van der Waals surface area contributed by atoms with E-state index >= 15 is 0 Å². The molecule has 11 heteroatoms. The van der Waals surface area contributed by atoms with Gasteiger partial charge in [0, 0.05) is 61.2 Å². The van der Waals surface area contributed by atoms with Crippen LogP contribution in [0.25, 0.3) is 0 Å². The molecule has 3 fully saturated rings. The minimum atomic E-state index is -1.25. The van der Waals surface area contributed by atoms with Crippen LogP contribution in [0, 0.1) is 23.7 Å². The Morgan fingerprint density at radius 2 is 1.79 bits per heavy atom. The Bertz CT molecular complexity index is 1780. The van der Waals surface area contributed by atoms with Crippen LogP contribution >= 0.6 is 11.8 Å². The summed E-state index contributed by atoms with van der Waals surface area (Å²) < 4.78 is 27.2. The van der Waals surface area contributed by atoms with Gasteiger partial charge in [-0.2, -0.15) is 0 Å². The number of hydrogen-bond donors (Lipinski definition) is 2. The van der Waals surface area contributed by atoms with Gasteiger partial charge in [0.15, 0.2) is 0 Å². The average molecular weight is 873 g/mol. The summed E-state index contributed by atoms with van der Waals surface area (Å²) in [6.45, 7) is 8.51. The number of hydrogen-bond acceptors (Lipinski definition) is 10. The fraction of sp³-hybridized carbons (Fsp3) is 0.647. The molecule has 2 aliphatic heterocycles. The van der Waals surface area contributed by atoms with Crippen molar-refractivity contribution in [2.45, 2.75) is 145 Å². The van der Waals surface area contributed by atoms with Gasteiger partial charge >= 0.3 is 0 Å². The number of nitrogens with zero attached hydrogens (tertiary/aromatic N) is 2. The highest BCUT2D eigenvalue weighted by atomic mass is 32.2. The standard InChI is InChI=1S/C51H72N2O8S/c1-3-27-53(47(56)26-23-37-16-8-9-17-37)46-36-44(52-61-48-22-12-15-31-58-48)42-34-38(18-10-13-28-54)41(21-11-14-29-55)49-43-35-39(57-32-33-62-40-19-6-5-7-20-40)24-25-45(43)60-51(46,50(42)49)59-30-4-2/h4-7,19-20,24-25,34-35,37-38,41,46,48-50,54-55H,2-3,8-18,21-23,26-33,36H2,1H3/t38-,41+,46-,48?,49+,50+,51+/m0/s1. The van der Waals surface area contributed by atoms with Crippen LogP contribution in [0.15, 0.2) is 82.9 Å². The molecule has 2 aromatic carbocycles. The Balaban J connectivity index is 1.34. The summed E-state index contributed by atoms with van der Waals surface area (Å²) in [4.78, 5) is 24.4. The zero-order valence-corrected chi connectivity index (χ0v) is 38.0. The predicted molar refractivity (Wildman–Crippen MR) is 245 cm³/mol. The summed E-state index contributed by atoms with van der Waals surface area (Å²) in [5.74, 6) is 1.66. The number of unbranched alkanes of at least 4 members (excludes halogenated alkanes) is 2. The molecule has 0 radical (unpaired) electrons. The minimum Gasteiger partial charge on any atom is -0.493 e. The maximum atomic E-state index is 14.8. The third kappa shape index (κ3) is 11.3. The Labute approximate surface area is 374 Å². The van der Waals surface area contributed by atoms with E-state index in [1.54, 1.807) is 17.8 Å². The van der Waals surface area contributed by atoms with Crippen molar-refractivity contribution in [3.05, 3.63) is 78.4 Å². The number of aliphatic hydroxyl groups is 2. The Hall–Kier alpha value is -3.35. The van der Waals surface area contributed by atoms with E-state index in [1.807, 2.05) is 18.2 Å². The lowest BCUT2D eigenvalue weighted by Crippen LogP contribution is -2.70. The zero-order valence-electron chi connectivity index (χ0n) is 37.1. The number of rotatable bonds is 24. The van der Waals surface area contributed by atoms with Crippen LogP contribution in [0.4, 0.5) is 0 Å². The summed E-state index contributed by atoms with van der Waals surface area (Å²) >= 11 is 1.77. The molecule has 2 heterocycles. The summed E-state index contributed by atoms with van der Waals surface area (Å²) in [6.07, 6.45) is 19.0. The normalized spacial score (nSPS) is 27.5. The number of oxime groups is 1. The quantitative estimate of drug-likeness (QED) is 0.0460. The molecule has 10 nitrogen and oxygen atoms in total. The van der Waals surface area contributed by atoms with Gasteiger partial charge in [0.2, 0.25) is 18.0 Å². The van der Waals surface area contributed by atoms with Gasteiger partial charge in [-0.3, -0.25) is 4.79 Å². The molecule has 2 N–H and O–H groups in total. The molecule has 0 bridgehead atoms. The van der Waals surface area contributed by atoms with E-state index in [4.69, 9.17) is 28.9 Å². The van der Waals surface area contributed by atoms with Crippen LogP contribution in [0.5, 0.6) is 11.5 Å². The molecule has 3 aliphatic carbocycles. The molecule has 7 rings (SSSR count). The van der Waals surface area contributed by atoms with E-state index in [2.05, 4.69) is 54.8 Å². The maximum absolute atomic E-state index is 14.8. The van der Waals surface area contributed by atoms with Crippen LogP contribution in [-0.4, -0.2) is 90.2 Å². The largest absolute Gasteiger partial charge is 0.493 e. The molecule has 2 saturated carbocycles. The molecule has 7 atom stereocenters. The molecule has 5 aliphatic rings. The van der Waals surface area contributed by atoms with Crippen molar-refractivity contribution in [3.63, 3.8) is 0 Å². The topological polar surface area (TPSA) is 119 Å². The van der Waals surface area contributed by atoms with Gasteiger partial charge in [0.25, 0.3) is 0 Å². The Morgan fingerprint density at radius 3 is 2.53 bits per heavy atom. The maximum Gasteiger partial charge on any atom is 0.239 e. The van der Waals surface area contributed by atoms with Crippen molar-refractivity contribution in [2.75, 3.05) is 45.3 Å². The molecule has 62 heavy (non-hydrogen) atoms. The first-order valence-electron chi connectivity index (χ1n) is 24.0. The smallest absolute Gasteiger partial charge is 0.239 e. The number of ether oxygens (including phenoxy) is 4. The molecule has 1 saturated heterocycles. The van der Waals surface area contributed by atoms with E-state index in [0.717, 1.165) is 98.3 Å². The third-order valence-electron chi connectivity index (χ3n) is 13.8. The summed E-state index contributed by atoms with van der Waals surface area (Å²) in [7, 11) is 0. The van der Waals surface area contributed by atoms with Gasteiger partial charge in [0.05, 0.1) is 31.5 Å². The lowest BCUT2D eigenvalue weighted by Gasteiger charge is -2.60. The van der Waals surface area contributed by atoms with Gasteiger partial charge in [-0.25, -0.2) is 0 Å². The van der Waals surface area contributed by atoms with Gasteiger partial charge in [-0.1, -0.05) is 81.0 Å². The van der Waals surface area contributed by atoms with Crippen molar-refractivity contribution in [1.29, 1.82) is 0 Å². The van der Waals surface area contributed by atoms with Gasteiger partial charge in [0.1, 0.15) is 17.5 Å². The first-order chi connectivity index (χ1) is 30.5. The van der Waals surface area contributed by atoms with Crippen LogP contribution in [0.1, 0.15) is 128 Å². The first kappa shape index (κ1) is 46.6. The first-order valence-corrected chi connectivity index (χ1v) is 24.9. The fourth-order valence-corrected chi connectivity index (χ4v) is 11.7. The summed E-state index contributed by atoms with van der Waals surface area (Å²) in [5.41, 5.74) is 2.93. The second-order valence-corrected chi connectivity index (χ2v) is 19.1. The lowest BCUT2D eigenvalue weighted by atomic mass is 9.55. The highest BCUT2D eigenvalue weighted by Crippen LogP contribution is 2.62. The van der Waals surface area contributed by atoms with Crippen molar-refractivity contribution in [1.82, 2.24) is 4.90 Å². The van der Waals surface area contributed by atoms with E-state index in [9.17, 15) is 15.0 Å². The molecule has 1 unspecified atom stereocenters. The van der Waals surface area contributed by atoms with E-state index in [-0.39, 0.29) is 49.4 Å². The molecular formula is C51H72N2O8S. The number of fused-ring (bicyclic) bond motifs is 2. The number of aliphatic hydroxyl groups excluding tert-OH is 2. The zero-order chi connectivity index (χ0) is 43.2. The lowest BCUT2D eigenvalue weighted by molar-refractivity contribution is -0.257. The van der Waals surface area contributed by atoms with E-state index in [1.165, 1.54) is 30.6 Å². The third-order valence-corrected chi connectivity index (χ3v) is 14.8. The second-order valence-electron chi connectivity index (χ2n) is 18.0. The number of carbonyl (C=O) groups excluding carboxylic acids is 1. The molecule has 0 spiro atoms. The van der Waals surface area contributed by atoms with E-state index < -0.39 is 18.1 Å². The van der Waals surface area contributed by atoms with Crippen LogP contribution in [0.2, 0.25) is 0 Å². The van der Waals surface area contributed by atoms with Gasteiger partial charge in [-0.15, -0.1) is 18.3 Å². The molecule has 0 aromatic heterocycles. The van der Waals surface area contributed by atoms with Gasteiger partial charge < -0.3 is 38.9 Å². The van der Waals surface area contributed by atoms with Crippen molar-refractivity contribution >= 4 is 23.4 Å². The fourth-order valence-electron chi connectivity index (χ4n) is 11.0. The minimum absolute atomic E-state index is 0.0976. The molecular weight excluding hydrogens is 801 g/mol. The van der Waals surface area contributed by atoms with Crippen LogP contribution < -0.4 is 9.47 Å². The monoisotopic (exact) mass is 873 g/mol. The number of benzene rings is 2. The number of amides is 1.